The maximum absolute atomic E-state index is 5.71. The van der Waals surface area contributed by atoms with Crippen LogP contribution < -0.4 is 5.73 Å². The molecule has 3 N–H and O–H groups in total. The second kappa shape index (κ2) is 4.80. The van der Waals surface area contributed by atoms with Gasteiger partial charge in [-0.05, 0) is 31.5 Å². The monoisotopic (exact) mass is 268 g/mol. The number of benzene rings is 1. The smallest absolute Gasteiger partial charge is 0.246 e. The van der Waals surface area contributed by atoms with Crippen LogP contribution in [-0.4, -0.2) is 25.0 Å². The molecule has 0 amide bonds. The van der Waals surface area contributed by atoms with Crippen LogP contribution in [0.2, 0.25) is 0 Å². The van der Waals surface area contributed by atoms with E-state index in [0.29, 0.717) is 5.95 Å². The number of anilines is 1. The van der Waals surface area contributed by atoms with Crippen LogP contribution in [0.3, 0.4) is 0 Å². The van der Waals surface area contributed by atoms with Crippen molar-refractivity contribution >= 4 is 5.69 Å². The van der Waals surface area contributed by atoms with Crippen molar-refractivity contribution in [3.63, 3.8) is 0 Å². The molecule has 0 spiro atoms. The Morgan fingerprint density at radius 3 is 2.60 bits per heavy atom. The zero-order chi connectivity index (χ0) is 14.1. The second-order valence-corrected chi connectivity index (χ2v) is 4.79. The van der Waals surface area contributed by atoms with Crippen LogP contribution in [0.15, 0.2) is 30.6 Å². The number of nitrogens with two attached hydrogens (primary N) is 1. The fourth-order valence-corrected chi connectivity index (χ4v) is 2.28. The van der Waals surface area contributed by atoms with Gasteiger partial charge >= 0.3 is 0 Å². The van der Waals surface area contributed by atoms with E-state index in [-0.39, 0.29) is 0 Å². The summed E-state index contributed by atoms with van der Waals surface area (Å²) in [5.41, 5.74) is 11.0. The molecule has 102 valence electrons. The average molecular weight is 268 g/mol. The molecular formula is C14H16N6. The predicted octanol–water partition coefficient (Wildman–Crippen LogP) is 1.78. The number of aryl methyl sites for hydroxylation is 1. The second-order valence-electron chi connectivity index (χ2n) is 4.79. The highest BCUT2D eigenvalue weighted by molar-refractivity contribution is 5.42. The molecule has 0 aliphatic heterocycles. The molecule has 6 nitrogen and oxygen atoms in total. The summed E-state index contributed by atoms with van der Waals surface area (Å²) in [5, 5.41) is 11.2. The number of aromatic amines is 1. The third-order valence-corrected chi connectivity index (χ3v) is 3.40. The van der Waals surface area contributed by atoms with Crippen molar-refractivity contribution in [3.05, 3.63) is 53.1 Å². The number of H-pyrrole nitrogens is 1. The number of rotatable bonds is 3. The molecular weight excluding hydrogens is 252 g/mol. The molecule has 6 heteroatoms. The van der Waals surface area contributed by atoms with Crippen LogP contribution in [0, 0.1) is 13.8 Å². The highest BCUT2D eigenvalue weighted by atomic mass is 15.4. The van der Waals surface area contributed by atoms with Gasteiger partial charge in [-0.15, -0.1) is 0 Å². The lowest BCUT2D eigenvalue weighted by Crippen LogP contribution is -2.02. The molecule has 20 heavy (non-hydrogen) atoms. The lowest BCUT2D eigenvalue weighted by Gasteiger charge is -2.04. The van der Waals surface area contributed by atoms with Crippen LogP contribution in [-0.2, 0) is 6.42 Å². The Labute approximate surface area is 116 Å². The van der Waals surface area contributed by atoms with E-state index in [9.17, 15) is 0 Å². The Hall–Kier alpha value is -2.63. The van der Waals surface area contributed by atoms with E-state index < -0.39 is 0 Å². The predicted molar refractivity (Wildman–Crippen MR) is 76.6 cm³/mol. The van der Waals surface area contributed by atoms with E-state index >= 15 is 0 Å². The van der Waals surface area contributed by atoms with Gasteiger partial charge in [0, 0.05) is 23.4 Å². The first-order valence-electron chi connectivity index (χ1n) is 6.40. The Morgan fingerprint density at radius 2 is 1.95 bits per heavy atom. The van der Waals surface area contributed by atoms with Crippen molar-refractivity contribution in [2.24, 2.45) is 0 Å². The SMILES string of the molecule is Cc1nn(-c2ncn[nH]2)c(C)c1Cc1ccc(N)cc1. The first kappa shape index (κ1) is 12.4. The number of aromatic nitrogens is 5. The van der Waals surface area contributed by atoms with Gasteiger partial charge in [0.2, 0.25) is 5.95 Å². The molecule has 0 unspecified atom stereocenters. The highest BCUT2D eigenvalue weighted by Crippen LogP contribution is 2.20. The number of hydrogen-bond acceptors (Lipinski definition) is 4. The molecule has 3 rings (SSSR count). The number of nitrogens with one attached hydrogen (secondary N) is 1. The van der Waals surface area contributed by atoms with E-state index in [1.54, 1.807) is 4.68 Å². The molecule has 0 saturated heterocycles. The van der Waals surface area contributed by atoms with E-state index in [0.717, 1.165) is 23.5 Å². The van der Waals surface area contributed by atoms with Crippen molar-refractivity contribution in [2.75, 3.05) is 5.73 Å². The van der Waals surface area contributed by atoms with Crippen molar-refractivity contribution < 1.29 is 0 Å². The maximum Gasteiger partial charge on any atom is 0.246 e. The normalized spacial score (nSPS) is 10.9. The summed E-state index contributed by atoms with van der Waals surface area (Å²) in [5.74, 6) is 0.633. The van der Waals surface area contributed by atoms with Crippen LogP contribution in [0.25, 0.3) is 5.95 Å². The molecule has 1 aromatic carbocycles. The lowest BCUT2D eigenvalue weighted by atomic mass is 10.0. The van der Waals surface area contributed by atoms with Crippen molar-refractivity contribution in [3.8, 4) is 5.95 Å². The van der Waals surface area contributed by atoms with E-state index in [1.807, 2.05) is 38.1 Å². The van der Waals surface area contributed by atoms with Gasteiger partial charge < -0.3 is 5.73 Å². The molecule has 3 aromatic rings. The number of hydrogen-bond donors (Lipinski definition) is 2. The van der Waals surface area contributed by atoms with Crippen molar-refractivity contribution in [1.29, 1.82) is 0 Å². The summed E-state index contributed by atoms with van der Waals surface area (Å²) in [6.45, 7) is 4.04. The Morgan fingerprint density at radius 1 is 1.20 bits per heavy atom. The molecule has 0 atom stereocenters. The standard InChI is InChI=1S/C14H16N6/c1-9-13(7-11-3-5-12(15)6-4-11)10(2)20(19-9)14-16-8-17-18-14/h3-6,8H,7,15H2,1-2H3,(H,16,17,18). The molecule has 0 radical (unpaired) electrons. The van der Waals surface area contributed by atoms with Gasteiger partial charge in [0.1, 0.15) is 6.33 Å². The molecule has 0 saturated carbocycles. The maximum atomic E-state index is 5.71. The van der Waals surface area contributed by atoms with E-state index in [2.05, 4.69) is 20.3 Å². The van der Waals surface area contributed by atoms with Gasteiger partial charge in [-0.3, -0.25) is 0 Å². The van der Waals surface area contributed by atoms with Gasteiger partial charge in [0.15, 0.2) is 0 Å². The quantitative estimate of drug-likeness (QED) is 0.709. The minimum absolute atomic E-state index is 0.633. The lowest BCUT2D eigenvalue weighted by molar-refractivity contribution is 0.777. The molecule has 0 aliphatic carbocycles. The van der Waals surface area contributed by atoms with Gasteiger partial charge in [-0.2, -0.15) is 15.2 Å². The van der Waals surface area contributed by atoms with Gasteiger partial charge in [0.25, 0.3) is 0 Å². The minimum Gasteiger partial charge on any atom is -0.399 e. The zero-order valence-corrected chi connectivity index (χ0v) is 11.5. The zero-order valence-electron chi connectivity index (χ0n) is 11.5. The van der Waals surface area contributed by atoms with Gasteiger partial charge in [0.05, 0.1) is 5.69 Å². The van der Waals surface area contributed by atoms with Crippen molar-refractivity contribution in [1.82, 2.24) is 25.0 Å². The summed E-state index contributed by atoms with van der Waals surface area (Å²) in [6, 6.07) is 7.92. The minimum atomic E-state index is 0.633. The van der Waals surface area contributed by atoms with Gasteiger partial charge in [-0.1, -0.05) is 12.1 Å². The summed E-state index contributed by atoms with van der Waals surface area (Å²) < 4.78 is 1.79. The highest BCUT2D eigenvalue weighted by Gasteiger charge is 2.14. The van der Waals surface area contributed by atoms with E-state index in [1.165, 1.54) is 17.5 Å². The molecule has 0 bridgehead atoms. The Bertz CT molecular complexity index is 709. The summed E-state index contributed by atoms with van der Waals surface area (Å²) in [6.07, 6.45) is 2.30. The topological polar surface area (TPSA) is 85.4 Å². The van der Waals surface area contributed by atoms with E-state index in [4.69, 9.17) is 5.73 Å². The third-order valence-electron chi connectivity index (χ3n) is 3.40. The molecule has 0 aliphatic rings. The van der Waals surface area contributed by atoms with Crippen molar-refractivity contribution in [2.45, 2.75) is 20.3 Å². The summed E-state index contributed by atoms with van der Waals surface area (Å²) in [4.78, 5) is 4.14. The first-order chi connectivity index (χ1) is 9.65. The Kier molecular flexibility index (Phi) is 2.98. The van der Waals surface area contributed by atoms with Gasteiger partial charge in [-0.25, -0.2) is 9.78 Å². The average Bonchev–Trinajstić information content (AvgIpc) is 3.04. The fourth-order valence-electron chi connectivity index (χ4n) is 2.28. The largest absolute Gasteiger partial charge is 0.399 e. The molecule has 2 heterocycles. The number of nitrogen functional groups attached to an aromatic ring is 1. The van der Waals surface area contributed by atoms with Crippen LogP contribution in [0.1, 0.15) is 22.5 Å². The summed E-state index contributed by atoms with van der Waals surface area (Å²) in [7, 11) is 0. The van der Waals surface area contributed by atoms with Crippen LogP contribution >= 0.6 is 0 Å². The Balaban J connectivity index is 1.96. The third kappa shape index (κ3) is 2.16. The van der Waals surface area contributed by atoms with Crippen LogP contribution in [0.5, 0.6) is 0 Å². The number of nitrogens with zero attached hydrogens (tertiary/aromatic N) is 4. The first-order valence-corrected chi connectivity index (χ1v) is 6.40. The molecule has 2 aromatic heterocycles. The summed E-state index contributed by atoms with van der Waals surface area (Å²) >= 11 is 0. The fraction of sp³-hybridized carbons (Fsp3) is 0.214. The molecule has 0 fully saturated rings. The van der Waals surface area contributed by atoms with Crippen LogP contribution in [0.4, 0.5) is 5.69 Å².